The lowest BCUT2D eigenvalue weighted by molar-refractivity contribution is -0.385. The fraction of sp³-hybridized carbons (Fsp3) is 0. The molecule has 0 spiro atoms. The van der Waals surface area contributed by atoms with Gasteiger partial charge in [-0.15, -0.1) is 10.2 Å². The van der Waals surface area contributed by atoms with E-state index in [0.717, 1.165) is 0 Å². The van der Waals surface area contributed by atoms with Crippen molar-refractivity contribution < 1.29 is 10.1 Å². The minimum atomic E-state index is -0.653. The maximum atomic E-state index is 10.8. The molecular weight excluding hydrogens is 292 g/mol. The third kappa shape index (κ3) is 2.95. The standard InChI is InChI=1S/C8H6N6O3S2/c9-7(13-15)6-4(14(16)17)1-2-5(11-6)19-8-12-10-3-18-8/h1-3,15H,(H2,9,13). The van der Waals surface area contributed by atoms with Crippen molar-refractivity contribution in [3.05, 3.63) is 33.5 Å². The molecule has 0 unspecified atom stereocenters. The summed E-state index contributed by atoms with van der Waals surface area (Å²) in [5, 5.41) is 30.1. The van der Waals surface area contributed by atoms with Crippen LogP contribution in [0.2, 0.25) is 0 Å². The van der Waals surface area contributed by atoms with Crippen molar-refractivity contribution in [3.8, 4) is 0 Å². The van der Waals surface area contributed by atoms with Gasteiger partial charge in [-0.2, -0.15) is 0 Å². The van der Waals surface area contributed by atoms with Gasteiger partial charge in [0.1, 0.15) is 10.5 Å². The van der Waals surface area contributed by atoms with E-state index in [4.69, 9.17) is 10.9 Å². The quantitative estimate of drug-likeness (QED) is 0.281. The van der Waals surface area contributed by atoms with Gasteiger partial charge in [0.05, 0.1) is 4.92 Å². The summed E-state index contributed by atoms with van der Waals surface area (Å²) in [6.07, 6.45) is 0. The molecule has 0 saturated carbocycles. The fourth-order valence-corrected chi connectivity index (χ4v) is 2.57. The van der Waals surface area contributed by atoms with Gasteiger partial charge in [-0.3, -0.25) is 10.1 Å². The zero-order valence-electron chi connectivity index (χ0n) is 9.13. The van der Waals surface area contributed by atoms with Crippen LogP contribution in [0.4, 0.5) is 5.69 Å². The molecule has 2 heterocycles. The van der Waals surface area contributed by atoms with Crippen molar-refractivity contribution in [3.63, 3.8) is 0 Å². The van der Waals surface area contributed by atoms with Gasteiger partial charge in [-0.05, 0) is 17.8 Å². The third-order valence-corrected chi connectivity index (χ3v) is 3.64. The summed E-state index contributed by atoms with van der Waals surface area (Å²) in [4.78, 5) is 14.1. The van der Waals surface area contributed by atoms with Crippen LogP contribution in [0.5, 0.6) is 0 Å². The molecule has 3 N–H and O–H groups in total. The molecule has 98 valence electrons. The number of amidine groups is 1. The highest BCUT2D eigenvalue weighted by Crippen LogP contribution is 2.29. The predicted molar refractivity (Wildman–Crippen MR) is 67.4 cm³/mol. The second kappa shape index (κ2) is 5.58. The van der Waals surface area contributed by atoms with Crippen molar-refractivity contribution >= 4 is 34.6 Å². The molecule has 11 heteroatoms. The number of nitrogens with two attached hydrogens (primary N) is 1. The molecule has 0 saturated heterocycles. The van der Waals surface area contributed by atoms with E-state index in [1.807, 2.05) is 0 Å². The van der Waals surface area contributed by atoms with Crippen molar-refractivity contribution in [1.29, 1.82) is 0 Å². The van der Waals surface area contributed by atoms with E-state index in [1.165, 1.54) is 35.2 Å². The number of nitro groups is 1. The molecule has 0 aromatic carbocycles. The maximum absolute atomic E-state index is 10.8. The molecule has 2 aromatic rings. The number of pyridine rings is 1. The van der Waals surface area contributed by atoms with Crippen LogP contribution >= 0.6 is 23.1 Å². The number of oxime groups is 1. The number of nitrogens with zero attached hydrogens (tertiary/aromatic N) is 5. The van der Waals surface area contributed by atoms with Gasteiger partial charge in [0.2, 0.25) is 0 Å². The molecule has 0 fully saturated rings. The highest BCUT2D eigenvalue weighted by molar-refractivity contribution is 8.00. The summed E-state index contributed by atoms with van der Waals surface area (Å²) in [5.41, 5.74) is 6.40. The average Bonchev–Trinajstić information content (AvgIpc) is 2.90. The highest BCUT2D eigenvalue weighted by atomic mass is 32.2. The average molecular weight is 298 g/mol. The Bertz CT molecular complexity index is 629. The van der Waals surface area contributed by atoms with Gasteiger partial charge in [-0.1, -0.05) is 16.5 Å². The Morgan fingerprint density at radius 1 is 1.58 bits per heavy atom. The van der Waals surface area contributed by atoms with Crippen molar-refractivity contribution in [2.45, 2.75) is 9.37 Å². The minimum Gasteiger partial charge on any atom is -0.409 e. The molecule has 2 aromatic heterocycles. The van der Waals surface area contributed by atoms with E-state index in [2.05, 4.69) is 20.3 Å². The van der Waals surface area contributed by atoms with Crippen LogP contribution in [0.15, 0.2) is 32.2 Å². The van der Waals surface area contributed by atoms with Crippen LogP contribution in [0.3, 0.4) is 0 Å². The van der Waals surface area contributed by atoms with Crippen LogP contribution in [0.25, 0.3) is 0 Å². The molecule has 0 aliphatic heterocycles. The van der Waals surface area contributed by atoms with Gasteiger partial charge >= 0.3 is 0 Å². The number of hydrogen-bond donors (Lipinski definition) is 2. The highest BCUT2D eigenvalue weighted by Gasteiger charge is 2.20. The largest absolute Gasteiger partial charge is 0.409 e. The van der Waals surface area contributed by atoms with E-state index in [1.54, 1.807) is 5.51 Å². The van der Waals surface area contributed by atoms with Crippen LogP contribution in [-0.4, -0.2) is 31.1 Å². The second-order valence-electron chi connectivity index (χ2n) is 3.07. The first kappa shape index (κ1) is 13.2. The lowest BCUT2D eigenvalue weighted by Crippen LogP contribution is -2.17. The molecule has 0 aliphatic rings. The van der Waals surface area contributed by atoms with E-state index in [0.29, 0.717) is 9.37 Å². The van der Waals surface area contributed by atoms with Crippen molar-refractivity contribution in [2.24, 2.45) is 10.9 Å². The SMILES string of the molecule is N/C(=N/O)c1nc(Sc2nncs2)ccc1[N+](=O)[O-]. The maximum Gasteiger partial charge on any atom is 0.298 e. The van der Waals surface area contributed by atoms with Crippen molar-refractivity contribution in [1.82, 2.24) is 15.2 Å². The first-order valence-corrected chi connectivity index (χ1v) is 6.38. The van der Waals surface area contributed by atoms with E-state index in [-0.39, 0.29) is 11.4 Å². The first-order chi connectivity index (χ1) is 9.11. The van der Waals surface area contributed by atoms with E-state index >= 15 is 0 Å². The van der Waals surface area contributed by atoms with E-state index < -0.39 is 10.8 Å². The Morgan fingerprint density at radius 3 is 2.95 bits per heavy atom. The third-order valence-electron chi connectivity index (χ3n) is 1.93. The number of hydrogen-bond acceptors (Lipinski definition) is 9. The lowest BCUT2D eigenvalue weighted by Gasteiger charge is -2.02. The summed E-state index contributed by atoms with van der Waals surface area (Å²) < 4.78 is 0.631. The van der Waals surface area contributed by atoms with Crippen LogP contribution < -0.4 is 5.73 Å². The zero-order chi connectivity index (χ0) is 13.8. The van der Waals surface area contributed by atoms with Gasteiger partial charge < -0.3 is 10.9 Å². The molecular formula is C8H6N6O3S2. The summed E-state index contributed by atoms with van der Waals surface area (Å²) in [7, 11) is 0. The van der Waals surface area contributed by atoms with Crippen LogP contribution in [0.1, 0.15) is 5.69 Å². The Labute approximate surface area is 114 Å². The van der Waals surface area contributed by atoms with Gasteiger partial charge in [0, 0.05) is 6.07 Å². The Morgan fingerprint density at radius 2 is 2.37 bits per heavy atom. The van der Waals surface area contributed by atoms with Gasteiger partial charge in [0.25, 0.3) is 5.69 Å². The number of aromatic nitrogens is 3. The molecule has 0 amide bonds. The molecule has 0 radical (unpaired) electrons. The number of rotatable bonds is 4. The Kier molecular flexibility index (Phi) is 3.87. The molecule has 19 heavy (non-hydrogen) atoms. The minimum absolute atomic E-state index is 0.193. The van der Waals surface area contributed by atoms with Crippen molar-refractivity contribution in [2.75, 3.05) is 0 Å². The Hall–Kier alpha value is -2.27. The molecule has 0 aliphatic carbocycles. The molecule has 2 rings (SSSR count). The monoisotopic (exact) mass is 298 g/mol. The van der Waals surface area contributed by atoms with Crippen LogP contribution in [-0.2, 0) is 0 Å². The summed E-state index contributed by atoms with van der Waals surface area (Å²) >= 11 is 2.48. The predicted octanol–water partition coefficient (Wildman–Crippen LogP) is 1.09. The first-order valence-electron chi connectivity index (χ1n) is 4.69. The molecule has 0 atom stereocenters. The summed E-state index contributed by atoms with van der Waals surface area (Å²) in [6.45, 7) is 0. The summed E-state index contributed by atoms with van der Waals surface area (Å²) in [6, 6.07) is 2.70. The fourth-order valence-electron chi connectivity index (χ4n) is 1.17. The van der Waals surface area contributed by atoms with Gasteiger partial charge in [0.15, 0.2) is 15.9 Å². The Balaban J connectivity index is 2.40. The normalized spacial score (nSPS) is 11.5. The van der Waals surface area contributed by atoms with E-state index in [9.17, 15) is 10.1 Å². The van der Waals surface area contributed by atoms with Crippen LogP contribution in [0, 0.1) is 10.1 Å². The van der Waals surface area contributed by atoms with Gasteiger partial charge in [-0.25, -0.2) is 4.98 Å². The smallest absolute Gasteiger partial charge is 0.298 e. The lowest BCUT2D eigenvalue weighted by atomic mass is 10.3. The topological polar surface area (TPSA) is 140 Å². The molecule has 0 bridgehead atoms. The second-order valence-corrected chi connectivity index (χ2v) is 5.17. The zero-order valence-corrected chi connectivity index (χ0v) is 10.8. The summed E-state index contributed by atoms with van der Waals surface area (Å²) in [5.74, 6) is -0.425. The molecule has 9 nitrogen and oxygen atoms in total.